The molecule has 0 radical (unpaired) electrons. The molecule has 3 fully saturated rings. The molecule has 3 rings (SSSR count). The van der Waals surface area contributed by atoms with Gasteiger partial charge in [-0.3, -0.25) is 0 Å². The molecule has 1 heterocycles. The van der Waals surface area contributed by atoms with Crippen LogP contribution in [-0.2, 0) is 4.74 Å². The fourth-order valence-electron chi connectivity index (χ4n) is 4.74. The van der Waals surface area contributed by atoms with Crippen LogP contribution in [0.15, 0.2) is 0 Å². The first-order valence-corrected chi connectivity index (χ1v) is 7.39. The number of nitrogens with zero attached hydrogens (tertiary/aromatic N) is 1. The van der Waals surface area contributed by atoms with Crippen LogP contribution in [0.5, 0.6) is 0 Å². The standard InChI is InChI=1S/C15H23NO2/c1-2-13-9-15(17,5-6-18-13)14(10-16)8-11-3-4-12(14)7-11/h11-13,17H,2-9H2,1H3. The van der Waals surface area contributed by atoms with Crippen molar-refractivity contribution < 1.29 is 9.84 Å². The number of ether oxygens (including phenoxy) is 1. The summed E-state index contributed by atoms with van der Waals surface area (Å²) >= 11 is 0. The van der Waals surface area contributed by atoms with Crippen LogP contribution in [-0.4, -0.2) is 23.4 Å². The quantitative estimate of drug-likeness (QED) is 0.818. The van der Waals surface area contributed by atoms with Gasteiger partial charge in [-0.15, -0.1) is 0 Å². The summed E-state index contributed by atoms with van der Waals surface area (Å²) in [4.78, 5) is 0. The molecular weight excluding hydrogens is 226 g/mol. The van der Waals surface area contributed by atoms with E-state index in [0.29, 0.717) is 31.3 Å². The van der Waals surface area contributed by atoms with Crippen molar-refractivity contribution in [2.75, 3.05) is 6.61 Å². The number of hydrogen-bond acceptors (Lipinski definition) is 3. The van der Waals surface area contributed by atoms with Crippen molar-refractivity contribution in [3.63, 3.8) is 0 Å². The van der Waals surface area contributed by atoms with Gasteiger partial charge in [-0.05, 0) is 37.5 Å². The van der Waals surface area contributed by atoms with Gasteiger partial charge in [-0.2, -0.15) is 5.26 Å². The Morgan fingerprint density at radius 2 is 2.22 bits per heavy atom. The molecule has 0 aromatic heterocycles. The summed E-state index contributed by atoms with van der Waals surface area (Å²) in [5.74, 6) is 1.11. The van der Waals surface area contributed by atoms with Gasteiger partial charge in [-0.1, -0.05) is 13.3 Å². The Labute approximate surface area is 109 Å². The fourth-order valence-corrected chi connectivity index (χ4v) is 4.74. The molecule has 0 amide bonds. The molecule has 100 valence electrons. The van der Waals surface area contributed by atoms with Gasteiger partial charge < -0.3 is 9.84 Å². The van der Waals surface area contributed by atoms with Crippen molar-refractivity contribution in [1.82, 2.24) is 0 Å². The van der Waals surface area contributed by atoms with E-state index in [4.69, 9.17) is 4.74 Å². The van der Waals surface area contributed by atoms with Gasteiger partial charge in [0.05, 0.1) is 23.2 Å². The molecule has 2 saturated carbocycles. The largest absolute Gasteiger partial charge is 0.388 e. The number of fused-ring (bicyclic) bond motifs is 2. The summed E-state index contributed by atoms with van der Waals surface area (Å²) in [6.45, 7) is 2.70. The van der Waals surface area contributed by atoms with Gasteiger partial charge in [0.15, 0.2) is 0 Å². The predicted octanol–water partition coefficient (Wildman–Crippen LogP) is 2.64. The first-order valence-electron chi connectivity index (χ1n) is 7.39. The van der Waals surface area contributed by atoms with Crippen molar-refractivity contribution in [3.8, 4) is 6.07 Å². The van der Waals surface area contributed by atoms with Crippen LogP contribution in [0.25, 0.3) is 0 Å². The van der Waals surface area contributed by atoms with Crippen LogP contribution in [0.3, 0.4) is 0 Å². The van der Waals surface area contributed by atoms with Crippen molar-refractivity contribution in [2.24, 2.45) is 17.3 Å². The first kappa shape index (κ1) is 12.4. The van der Waals surface area contributed by atoms with Crippen molar-refractivity contribution >= 4 is 0 Å². The Morgan fingerprint density at radius 1 is 1.39 bits per heavy atom. The Hall–Kier alpha value is -0.590. The highest BCUT2D eigenvalue weighted by Crippen LogP contribution is 2.62. The third kappa shape index (κ3) is 1.55. The topological polar surface area (TPSA) is 53.2 Å². The molecule has 0 aromatic carbocycles. The average Bonchev–Trinajstić information content (AvgIpc) is 2.99. The SMILES string of the molecule is CCC1CC(O)(C2(C#N)CC3CCC2C3)CCO1. The third-order valence-corrected chi connectivity index (χ3v) is 5.77. The molecule has 5 unspecified atom stereocenters. The average molecular weight is 249 g/mol. The van der Waals surface area contributed by atoms with E-state index in [-0.39, 0.29) is 6.10 Å². The molecule has 18 heavy (non-hydrogen) atoms. The minimum atomic E-state index is -0.805. The minimum Gasteiger partial charge on any atom is -0.388 e. The van der Waals surface area contributed by atoms with Crippen LogP contribution < -0.4 is 0 Å². The van der Waals surface area contributed by atoms with Gasteiger partial charge in [0.2, 0.25) is 0 Å². The van der Waals surface area contributed by atoms with Crippen LogP contribution in [0, 0.1) is 28.6 Å². The first-order chi connectivity index (χ1) is 8.63. The molecule has 3 nitrogen and oxygen atoms in total. The maximum absolute atomic E-state index is 11.1. The summed E-state index contributed by atoms with van der Waals surface area (Å²) in [5, 5.41) is 20.9. The smallest absolute Gasteiger partial charge is 0.0892 e. The lowest BCUT2D eigenvalue weighted by molar-refractivity contribution is -0.165. The van der Waals surface area contributed by atoms with Gasteiger partial charge in [-0.25, -0.2) is 0 Å². The van der Waals surface area contributed by atoms with E-state index < -0.39 is 11.0 Å². The maximum Gasteiger partial charge on any atom is 0.0892 e. The summed E-state index contributed by atoms with van der Waals surface area (Å²) in [6, 6.07) is 2.56. The van der Waals surface area contributed by atoms with E-state index in [1.54, 1.807) is 0 Å². The Bertz CT molecular complexity index is 377. The van der Waals surface area contributed by atoms with Crippen LogP contribution in [0.2, 0.25) is 0 Å². The maximum atomic E-state index is 11.1. The summed E-state index contributed by atoms with van der Waals surface area (Å²) in [6.07, 6.45) is 6.83. The van der Waals surface area contributed by atoms with Crippen molar-refractivity contribution in [3.05, 3.63) is 0 Å². The molecule has 5 atom stereocenters. The highest BCUT2D eigenvalue weighted by molar-refractivity contribution is 5.21. The van der Waals surface area contributed by atoms with Crippen LogP contribution >= 0.6 is 0 Å². The predicted molar refractivity (Wildman–Crippen MR) is 67.7 cm³/mol. The molecule has 1 N–H and O–H groups in total. The summed E-state index contributed by atoms with van der Waals surface area (Å²) in [7, 11) is 0. The third-order valence-electron chi connectivity index (χ3n) is 5.77. The normalized spacial score (nSPS) is 51.3. The van der Waals surface area contributed by atoms with Crippen LogP contribution in [0.1, 0.15) is 51.9 Å². The Balaban J connectivity index is 1.89. The van der Waals surface area contributed by atoms with E-state index in [9.17, 15) is 10.4 Å². The molecular formula is C15H23NO2. The second-order valence-electron chi connectivity index (χ2n) is 6.55. The van der Waals surface area contributed by atoms with E-state index in [0.717, 1.165) is 25.7 Å². The number of hydrogen-bond donors (Lipinski definition) is 1. The molecule has 3 heteroatoms. The Morgan fingerprint density at radius 3 is 2.78 bits per heavy atom. The van der Waals surface area contributed by atoms with Gasteiger partial charge >= 0.3 is 0 Å². The zero-order chi connectivity index (χ0) is 12.8. The number of rotatable bonds is 2. The monoisotopic (exact) mass is 249 g/mol. The van der Waals surface area contributed by atoms with Gasteiger partial charge in [0.1, 0.15) is 0 Å². The zero-order valence-electron chi connectivity index (χ0n) is 11.2. The second kappa shape index (κ2) is 4.21. The molecule has 2 bridgehead atoms. The van der Waals surface area contributed by atoms with E-state index in [1.165, 1.54) is 6.42 Å². The molecule has 1 aliphatic heterocycles. The molecule has 1 saturated heterocycles. The summed E-state index contributed by atoms with van der Waals surface area (Å²) in [5.41, 5.74) is -1.28. The van der Waals surface area contributed by atoms with Crippen LogP contribution in [0.4, 0.5) is 0 Å². The zero-order valence-corrected chi connectivity index (χ0v) is 11.2. The summed E-state index contributed by atoms with van der Waals surface area (Å²) < 4.78 is 5.68. The van der Waals surface area contributed by atoms with E-state index in [2.05, 4.69) is 13.0 Å². The van der Waals surface area contributed by atoms with Gasteiger partial charge in [0, 0.05) is 19.4 Å². The number of aliphatic hydroxyl groups is 1. The lowest BCUT2D eigenvalue weighted by Crippen LogP contribution is -2.55. The molecule has 0 aromatic rings. The van der Waals surface area contributed by atoms with Crippen molar-refractivity contribution in [2.45, 2.75) is 63.6 Å². The fraction of sp³-hybridized carbons (Fsp3) is 0.933. The lowest BCUT2D eigenvalue weighted by atomic mass is 9.60. The molecule has 2 aliphatic carbocycles. The molecule has 3 aliphatic rings. The van der Waals surface area contributed by atoms with E-state index >= 15 is 0 Å². The number of nitriles is 1. The minimum absolute atomic E-state index is 0.133. The van der Waals surface area contributed by atoms with E-state index in [1.807, 2.05) is 0 Å². The highest BCUT2D eigenvalue weighted by Gasteiger charge is 2.62. The highest BCUT2D eigenvalue weighted by atomic mass is 16.5. The lowest BCUT2D eigenvalue weighted by Gasteiger charge is -2.49. The van der Waals surface area contributed by atoms with Crippen molar-refractivity contribution in [1.29, 1.82) is 5.26 Å². The second-order valence-corrected chi connectivity index (χ2v) is 6.55. The Kier molecular flexibility index (Phi) is 2.91. The molecule has 0 spiro atoms. The van der Waals surface area contributed by atoms with Gasteiger partial charge in [0.25, 0.3) is 0 Å².